The molecule has 32 heavy (non-hydrogen) atoms. The monoisotopic (exact) mass is 460 g/mol. The number of rotatable bonds is 12. The molecule has 1 atom stereocenters. The minimum Gasteiger partial charge on any atom is -0.479 e. The summed E-state index contributed by atoms with van der Waals surface area (Å²) in [7, 11) is 3.07. The third-order valence-corrected chi connectivity index (χ3v) is 5.43. The molecule has 0 saturated heterocycles. The Morgan fingerprint density at radius 3 is 2.38 bits per heavy atom. The van der Waals surface area contributed by atoms with E-state index in [1.54, 1.807) is 4.57 Å². The SMILES string of the molecule is COc1ncnc(OC)c1-n1c(CCCCO)nnc1NSC(C)Cc1ncc(C)cn1. The zero-order chi connectivity index (χ0) is 22.9. The number of aryl methyl sites for hydroxylation is 2. The predicted molar refractivity (Wildman–Crippen MR) is 121 cm³/mol. The van der Waals surface area contributed by atoms with Crippen molar-refractivity contribution in [3.8, 4) is 17.4 Å². The Balaban J connectivity index is 1.85. The van der Waals surface area contributed by atoms with E-state index in [0.29, 0.717) is 48.5 Å². The number of anilines is 1. The number of hydrogen-bond acceptors (Lipinski definition) is 11. The normalized spacial score (nSPS) is 11.9. The summed E-state index contributed by atoms with van der Waals surface area (Å²) in [5.41, 5.74) is 1.54. The van der Waals surface area contributed by atoms with Gasteiger partial charge in [-0.1, -0.05) is 6.92 Å². The largest absolute Gasteiger partial charge is 0.479 e. The molecule has 0 aromatic carbocycles. The maximum absolute atomic E-state index is 9.15. The second kappa shape index (κ2) is 11.6. The van der Waals surface area contributed by atoms with Crippen LogP contribution < -0.4 is 14.2 Å². The molecule has 3 heterocycles. The molecule has 3 rings (SSSR count). The average molecular weight is 461 g/mol. The number of methoxy groups -OCH3 is 2. The topological polar surface area (TPSA) is 133 Å². The molecule has 0 aliphatic rings. The lowest BCUT2D eigenvalue weighted by Gasteiger charge is -2.16. The molecule has 2 N–H and O–H groups in total. The molecule has 0 bridgehead atoms. The van der Waals surface area contributed by atoms with Gasteiger partial charge in [-0.15, -0.1) is 10.2 Å². The first-order valence-corrected chi connectivity index (χ1v) is 11.1. The van der Waals surface area contributed by atoms with Gasteiger partial charge in [-0.05, 0) is 37.3 Å². The molecule has 3 aromatic rings. The Labute approximate surface area is 191 Å². The molecule has 0 aliphatic heterocycles. The molecule has 0 amide bonds. The van der Waals surface area contributed by atoms with Crippen molar-refractivity contribution in [3.05, 3.63) is 35.9 Å². The highest BCUT2D eigenvalue weighted by Crippen LogP contribution is 2.33. The van der Waals surface area contributed by atoms with E-state index in [9.17, 15) is 0 Å². The van der Waals surface area contributed by atoms with E-state index in [2.05, 4.69) is 41.8 Å². The fraction of sp³-hybridized carbons (Fsp3) is 0.500. The molecule has 1 unspecified atom stereocenters. The Morgan fingerprint density at radius 2 is 1.75 bits per heavy atom. The van der Waals surface area contributed by atoms with Crippen LogP contribution in [0.25, 0.3) is 5.69 Å². The summed E-state index contributed by atoms with van der Waals surface area (Å²) in [6.07, 6.45) is 7.72. The van der Waals surface area contributed by atoms with Gasteiger partial charge < -0.3 is 14.6 Å². The molecule has 11 nitrogen and oxygen atoms in total. The van der Waals surface area contributed by atoms with Gasteiger partial charge in [0.1, 0.15) is 18.0 Å². The van der Waals surface area contributed by atoms with Gasteiger partial charge in [0.25, 0.3) is 0 Å². The van der Waals surface area contributed by atoms with Crippen LogP contribution >= 0.6 is 11.9 Å². The molecule has 0 spiro atoms. The van der Waals surface area contributed by atoms with E-state index in [-0.39, 0.29) is 11.9 Å². The maximum atomic E-state index is 9.15. The predicted octanol–water partition coefficient (Wildman–Crippen LogP) is 2.18. The smallest absolute Gasteiger partial charge is 0.245 e. The van der Waals surface area contributed by atoms with E-state index in [1.165, 1.54) is 32.5 Å². The number of nitrogens with zero attached hydrogens (tertiary/aromatic N) is 7. The molecular formula is C20H28N8O3S. The highest BCUT2D eigenvalue weighted by atomic mass is 32.2. The van der Waals surface area contributed by atoms with Gasteiger partial charge in [0, 0.05) is 37.1 Å². The van der Waals surface area contributed by atoms with Crippen LogP contribution in [0.15, 0.2) is 18.7 Å². The van der Waals surface area contributed by atoms with Crippen molar-refractivity contribution >= 4 is 17.9 Å². The molecule has 3 aromatic heterocycles. The molecule has 0 aliphatic carbocycles. The zero-order valence-corrected chi connectivity index (χ0v) is 19.5. The highest BCUT2D eigenvalue weighted by molar-refractivity contribution is 8.01. The number of nitrogens with one attached hydrogen (secondary N) is 1. The van der Waals surface area contributed by atoms with Gasteiger partial charge in [0.15, 0.2) is 5.69 Å². The third kappa shape index (κ3) is 5.82. The number of aliphatic hydroxyl groups is 1. The molecule has 0 radical (unpaired) electrons. The van der Waals surface area contributed by atoms with Crippen LogP contribution in [0.3, 0.4) is 0 Å². The zero-order valence-electron chi connectivity index (χ0n) is 18.6. The first kappa shape index (κ1) is 23.7. The molecule has 0 saturated carbocycles. The van der Waals surface area contributed by atoms with Crippen molar-refractivity contribution in [2.45, 2.75) is 44.8 Å². The summed E-state index contributed by atoms with van der Waals surface area (Å²) in [5, 5.41) is 18.0. The summed E-state index contributed by atoms with van der Waals surface area (Å²) >= 11 is 1.49. The van der Waals surface area contributed by atoms with Gasteiger partial charge in [-0.2, -0.15) is 9.97 Å². The van der Waals surface area contributed by atoms with Gasteiger partial charge in [0.2, 0.25) is 17.7 Å². The molecule has 0 fully saturated rings. The molecule has 172 valence electrons. The van der Waals surface area contributed by atoms with Crippen molar-refractivity contribution in [2.24, 2.45) is 0 Å². The van der Waals surface area contributed by atoms with Gasteiger partial charge in [-0.25, -0.2) is 9.97 Å². The molecule has 12 heteroatoms. The van der Waals surface area contributed by atoms with Crippen LogP contribution in [0.5, 0.6) is 11.8 Å². The number of ether oxygens (including phenoxy) is 2. The summed E-state index contributed by atoms with van der Waals surface area (Å²) in [5.74, 6) is 2.64. The third-order valence-electron chi connectivity index (χ3n) is 4.56. The highest BCUT2D eigenvalue weighted by Gasteiger charge is 2.23. The van der Waals surface area contributed by atoms with Crippen molar-refractivity contribution in [1.82, 2.24) is 34.7 Å². The van der Waals surface area contributed by atoms with E-state index >= 15 is 0 Å². The fourth-order valence-corrected chi connectivity index (χ4v) is 3.66. The Kier molecular flexibility index (Phi) is 8.56. The lowest BCUT2D eigenvalue weighted by Crippen LogP contribution is -2.12. The van der Waals surface area contributed by atoms with Crippen LogP contribution in [0, 0.1) is 6.92 Å². The summed E-state index contributed by atoms with van der Waals surface area (Å²) < 4.78 is 16.0. The Bertz CT molecular complexity index is 977. The molecular weight excluding hydrogens is 432 g/mol. The summed E-state index contributed by atoms with van der Waals surface area (Å²) in [4.78, 5) is 17.2. The van der Waals surface area contributed by atoms with Crippen molar-refractivity contribution in [2.75, 3.05) is 25.5 Å². The minimum absolute atomic E-state index is 0.120. The quantitative estimate of drug-likeness (QED) is 0.304. The Morgan fingerprint density at radius 1 is 1.06 bits per heavy atom. The van der Waals surface area contributed by atoms with Crippen molar-refractivity contribution in [3.63, 3.8) is 0 Å². The van der Waals surface area contributed by atoms with Gasteiger partial charge in [-0.3, -0.25) is 9.29 Å². The second-order valence-corrected chi connectivity index (χ2v) is 8.35. The standard InChI is InChI=1S/C20H28N8O3S/c1-13-10-21-15(22-11-13)9-14(2)32-27-20-26-25-16(7-5-6-8-29)28(20)17-18(30-3)23-12-24-19(17)31-4/h10-12,14,29H,5-9H2,1-4H3,(H,26,27). The van der Waals surface area contributed by atoms with Crippen LogP contribution in [0.1, 0.15) is 37.0 Å². The average Bonchev–Trinajstić information content (AvgIpc) is 3.21. The number of unbranched alkanes of at least 4 members (excludes halogenated alkanes) is 1. The van der Waals surface area contributed by atoms with E-state index in [4.69, 9.17) is 14.6 Å². The lowest BCUT2D eigenvalue weighted by molar-refractivity contribution is 0.284. The van der Waals surface area contributed by atoms with Crippen LogP contribution in [-0.4, -0.2) is 65.9 Å². The van der Waals surface area contributed by atoms with Gasteiger partial charge >= 0.3 is 0 Å². The lowest BCUT2D eigenvalue weighted by atomic mass is 10.2. The Hall–Kier alpha value is -2.99. The van der Waals surface area contributed by atoms with E-state index in [0.717, 1.165) is 17.8 Å². The van der Waals surface area contributed by atoms with Crippen LogP contribution in [-0.2, 0) is 12.8 Å². The first-order chi connectivity index (χ1) is 15.6. The van der Waals surface area contributed by atoms with E-state index < -0.39 is 0 Å². The number of hydrogen-bond donors (Lipinski definition) is 2. The van der Waals surface area contributed by atoms with Crippen LogP contribution in [0.4, 0.5) is 5.95 Å². The maximum Gasteiger partial charge on any atom is 0.245 e. The minimum atomic E-state index is 0.120. The first-order valence-electron chi connectivity index (χ1n) is 10.2. The number of aliphatic hydroxyl groups excluding tert-OH is 1. The van der Waals surface area contributed by atoms with E-state index in [1.807, 2.05) is 19.3 Å². The van der Waals surface area contributed by atoms with Gasteiger partial charge in [0.05, 0.1) is 14.2 Å². The van der Waals surface area contributed by atoms with Crippen molar-refractivity contribution in [1.29, 1.82) is 0 Å². The summed E-state index contributed by atoms with van der Waals surface area (Å²) in [6, 6.07) is 0. The van der Waals surface area contributed by atoms with Crippen LogP contribution in [0.2, 0.25) is 0 Å². The number of aromatic nitrogens is 7. The second-order valence-electron chi connectivity index (χ2n) is 7.11. The van der Waals surface area contributed by atoms with Crippen molar-refractivity contribution < 1.29 is 14.6 Å². The summed E-state index contributed by atoms with van der Waals surface area (Å²) in [6.45, 7) is 4.16. The fourth-order valence-electron chi connectivity index (χ4n) is 2.99.